The van der Waals surface area contributed by atoms with Crippen LogP contribution in [0.3, 0.4) is 0 Å². The zero-order valence-corrected chi connectivity index (χ0v) is 16.0. The smallest absolute Gasteiger partial charge is 0.224 e. The summed E-state index contributed by atoms with van der Waals surface area (Å²) < 4.78 is 5.02. The number of aromatic amines is 1. The van der Waals surface area contributed by atoms with E-state index in [2.05, 4.69) is 28.9 Å². The molecular formula is C21H27N3O3. The van der Waals surface area contributed by atoms with Crippen molar-refractivity contribution in [2.45, 2.75) is 38.9 Å². The first kappa shape index (κ1) is 19.2. The third-order valence-corrected chi connectivity index (χ3v) is 5.09. The van der Waals surface area contributed by atoms with Crippen LogP contribution in [0.15, 0.2) is 47.4 Å². The second-order valence-corrected chi connectivity index (χ2v) is 6.95. The van der Waals surface area contributed by atoms with Crippen molar-refractivity contribution in [3.05, 3.63) is 64.1 Å². The number of hydrogen-bond donors (Lipinski definition) is 1. The molecule has 0 radical (unpaired) electrons. The average Bonchev–Trinajstić information content (AvgIpc) is 2.82. The van der Waals surface area contributed by atoms with Gasteiger partial charge in [-0.15, -0.1) is 0 Å². The lowest BCUT2D eigenvalue weighted by atomic mass is 10.1. The highest BCUT2D eigenvalue weighted by atomic mass is 16.5. The zero-order valence-electron chi connectivity index (χ0n) is 16.0. The van der Waals surface area contributed by atoms with Crippen molar-refractivity contribution in [1.82, 2.24) is 14.8 Å². The van der Waals surface area contributed by atoms with Crippen LogP contribution in [0.2, 0.25) is 0 Å². The van der Waals surface area contributed by atoms with Gasteiger partial charge in [0.05, 0.1) is 7.11 Å². The molecule has 1 aromatic carbocycles. The van der Waals surface area contributed by atoms with Crippen LogP contribution in [0.5, 0.6) is 5.75 Å². The van der Waals surface area contributed by atoms with Crippen molar-refractivity contribution >= 4 is 5.91 Å². The fourth-order valence-corrected chi connectivity index (χ4v) is 3.57. The molecule has 1 aliphatic heterocycles. The summed E-state index contributed by atoms with van der Waals surface area (Å²) in [7, 11) is 1.48. The predicted molar refractivity (Wildman–Crippen MR) is 105 cm³/mol. The van der Waals surface area contributed by atoms with Crippen LogP contribution in [0.1, 0.15) is 31.0 Å². The topological polar surface area (TPSA) is 65.6 Å². The number of methoxy groups -OCH3 is 1. The predicted octanol–water partition coefficient (Wildman–Crippen LogP) is 2.40. The van der Waals surface area contributed by atoms with Gasteiger partial charge in [0.2, 0.25) is 11.3 Å². The summed E-state index contributed by atoms with van der Waals surface area (Å²) >= 11 is 0. The van der Waals surface area contributed by atoms with E-state index in [-0.39, 0.29) is 17.4 Å². The maximum atomic E-state index is 12.7. The van der Waals surface area contributed by atoms with Crippen LogP contribution in [-0.2, 0) is 17.9 Å². The minimum absolute atomic E-state index is 0.130. The third-order valence-electron chi connectivity index (χ3n) is 5.09. The van der Waals surface area contributed by atoms with Gasteiger partial charge in [0.25, 0.3) is 0 Å². The Morgan fingerprint density at radius 3 is 2.63 bits per heavy atom. The van der Waals surface area contributed by atoms with Crippen molar-refractivity contribution < 1.29 is 9.53 Å². The highest BCUT2D eigenvalue weighted by Gasteiger charge is 2.28. The van der Waals surface area contributed by atoms with Gasteiger partial charge >= 0.3 is 0 Å². The van der Waals surface area contributed by atoms with Crippen molar-refractivity contribution in [3.63, 3.8) is 0 Å². The van der Waals surface area contributed by atoms with E-state index in [0.29, 0.717) is 31.8 Å². The molecule has 1 aliphatic rings. The second-order valence-electron chi connectivity index (χ2n) is 6.95. The largest absolute Gasteiger partial charge is 0.491 e. The standard InChI is InChI=1S/C21H27N3O3/c1-3-18-15-23(14-17-11-19(25)20(27-2)12-22-17)10-9-21(26)24(18)13-16-7-5-4-6-8-16/h4-8,11-12,18H,3,9-10,13-15H2,1-2H3,(H,22,25)/t18-/m1/s1. The number of rotatable bonds is 6. The average molecular weight is 369 g/mol. The van der Waals surface area contributed by atoms with Crippen LogP contribution in [-0.4, -0.2) is 46.9 Å². The van der Waals surface area contributed by atoms with Crippen molar-refractivity contribution in [3.8, 4) is 5.75 Å². The Hall–Kier alpha value is -2.60. The van der Waals surface area contributed by atoms with Crippen LogP contribution in [0.4, 0.5) is 0 Å². The SMILES string of the molecule is CC[C@@H]1CN(Cc2cc(=O)c(OC)c[nH]2)CCC(=O)N1Cc1ccccc1. The van der Waals surface area contributed by atoms with Crippen LogP contribution >= 0.6 is 0 Å². The van der Waals surface area contributed by atoms with Crippen LogP contribution in [0.25, 0.3) is 0 Å². The van der Waals surface area contributed by atoms with E-state index >= 15 is 0 Å². The maximum Gasteiger partial charge on any atom is 0.224 e. The molecule has 0 bridgehead atoms. The Morgan fingerprint density at radius 1 is 1.19 bits per heavy atom. The number of carbonyl (C=O) groups excluding carboxylic acids is 1. The zero-order chi connectivity index (χ0) is 19.2. The normalized spacial score (nSPS) is 18.4. The summed E-state index contributed by atoms with van der Waals surface area (Å²) in [4.78, 5) is 32.1. The molecule has 1 aromatic heterocycles. The number of nitrogens with zero attached hydrogens (tertiary/aromatic N) is 2. The van der Waals surface area contributed by atoms with E-state index < -0.39 is 0 Å². The number of ether oxygens (including phenoxy) is 1. The Kier molecular flexibility index (Phi) is 6.29. The Morgan fingerprint density at radius 2 is 1.96 bits per heavy atom. The van der Waals surface area contributed by atoms with Crippen LogP contribution in [0, 0.1) is 0 Å². The fraction of sp³-hybridized carbons (Fsp3) is 0.429. The summed E-state index contributed by atoms with van der Waals surface area (Å²) in [6.07, 6.45) is 2.98. The quantitative estimate of drug-likeness (QED) is 0.849. The summed E-state index contributed by atoms with van der Waals surface area (Å²) in [5.41, 5.74) is 1.85. The molecule has 0 saturated carbocycles. The third kappa shape index (κ3) is 4.77. The van der Waals surface area contributed by atoms with Gasteiger partial charge in [-0.3, -0.25) is 14.5 Å². The first-order valence-electron chi connectivity index (χ1n) is 9.42. The highest BCUT2D eigenvalue weighted by molar-refractivity contribution is 5.77. The van der Waals surface area contributed by atoms with E-state index in [1.165, 1.54) is 7.11 Å². The van der Waals surface area contributed by atoms with Crippen molar-refractivity contribution in [2.24, 2.45) is 0 Å². The highest BCUT2D eigenvalue weighted by Crippen LogP contribution is 2.19. The molecule has 1 saturated heterocycles. The molecule has 144 valence electrons. The number of carbonyl (C=O) groups is 1. The molecule has 2 aromatic rings. The van der Waals surface area contributed by atoms with Gasteiger partial charge < -0.3 is 14.6 Å². The monoisotopic (exact) mass is 369 g/mol. The van der Waals surface area contributed by atoms with E-state index in [1.807, 2.05) is 23.1 Å². The number of hydrogen-bond acceptors (Lipinski definition) is 4. The van der Waals surface area contributed by atoms with Gasteiger partial charge in [-0.1, -0.05) is 37.3 Å². The van der Waals surface area contributed by atoms with Crippen molar-refractivity contribution in [2.75, 3.05) is 20.2 Å². The molecule has 1 fully saturated rings. The molecule has 1 N–H and O–H groups in total. The summed E-state index contributed by atoms with van der Waals surface area (Å²) in [6.45, 7) is 4.86. The molecule has 2 heterocycles. The first-order chi connectivity index (χ1) is 13.1. The molecule has 1 atom stereocenters. The molecule has 3 rings (SSSR count). The lowest BCUT2D eigenvalue weighted by Gasteiger charge is -2.31. The van der Waals surface area contributed by atoms with E-state index in [4.69, 9.17) is 4.74 Å². The second kappa shape index (κ2) is 8.86. The number of amides is 1. The summed E-state index contributed by atoms with van der Waals surface area (Å²) in [5.74, 6) is 0.502. The number of nitrogens with one attached hydrogen (secondary N) is 1. The number of pyridine rings is 1. The van der Waals surface area contributed by atoms with E-state index in [9.17, 15) is 9.59 Å². The molecule has 1 amide bonds. The molecule has 6 nitrogen and oxygen atoms in total. The summed E-state index contributed by atoms with van der Waals surface area (Å²) in [5, 5.41) is 0. The van der Waals surface area contributed by atoms with Gasteiger partial charge in [-0.25, -0.2) is 0 Å². The number of aromatic nitrogens is 1. The Balaban J connectivity index is 1.72. The first-order valence-corrected chi connectivity index (χ1v) is 9.42. The lowest BCUT2D eigenvalue weighted by Crippen LogP contribution is -2.42. The molecule has 0 unspecified atom stereocenters. The van der Waals surface area contributed by atoms with Crippen LogP contribution < -0.4 is 10.2 Å². The number of benzene rings is 1. The molecule has 27 heavy (non-hydrogen) atoms. The van der Waals surface area contributed by atoms with Gasteiger partial charge in [-0.2, -0.15) is 0 Å². The maximum absolute atomic E-state index is 12.7. The summed E-state index contributed by atoms with van der Waals surface area (Å²) in [6, 6.07) is 11.9. The number of H-pyrrole nitrogens is 1. The molecule has 6 heteroatoms. The van der Waals surface area contributed by atoms with E-state index in [0.717, 1.165) is 24.2 Å². The Labute approximate surface area is 159 Å². The molecule has 0 aliphatic carbocycles. The molecule has 0 spiro atoms. The van der Waals surface area contributed by atoms with Gasteiger partial charge in [0, 0.05) is 56.6 Å². The minimum Gasteiger partial charge on any atom is -0.491 e. The minimum atomic E-state index is -0.130. The van der Waals surface area contributed by atoms with Gasteiger partial charge in [0.1, 0.15) is 0 Å². The molecular weight excluding hydrogens is 342 g/mol. The van der Waals surface area contributed by atoms with Crippen molar-refractivity contribution in [1.29, 1.82) is 0 Å². The van der Waals surface area contributed by atoms with E-state index in [1.54, 1.807) is 12.3 Å². The van der Waals surface area contributed by atoms with Gasteiger partial charge in [-0.05, 0) is 12.0 Å². The lowest BCUT2D eigenvalue weighted by molar-refractivity contribution is -0.133. The Bertz CT molecular complexity index is 819. The van der Waals surface area contributed by atoms with Gasteiger partial charge in [0.15, 0.2) is 5.75 Å². The fourth-order valence-electron chi connectivity index (χ4n) is 3.57.